The molecule has 4 heteroatoms. The van der Waals surface area contributed by atoms with Gasteiger partial charge in [-0.1, -0.05) is 23.6 Å². The van der Waals surface area contributed by atoms with Crippen molar-refractivity contribution in [2.75, 3.05) is 5.75 Å². The fourth-order valence-electron chi connectivity index (χ4n) is 1.21. The summed E-state index contributed by atoms with van der Waals surface area (Å²) in [6.07, 6.45) is 0. The molecular formula is C12H9NOS2. The maximum absolute atomic E-state index is 10.7. The molecule has 0 unspecified atom stereocenters. The zero-order valence-electron chi connectivity index (χ0n) is 8.69. The Morgan fingerprint density at radius 3 is 3.25 bits per heavy atom. The van der Waals surface area contributed by atoms with Crippen molar-refractivity contribution in [3.05, 3.63) is 29.3 Å². The molecule has 0 fully saturated rings. The van der Waals surface area contributed by atoms with Crippen LogP contribution < -0.4 is 0 Å². The van der Waals surface area contributed by atoms with Crippen LogP contribution in [0.5, 0.6) is 0 Å². The van der Waals surface area contributed by atoms with E-state index in [1.165, 1.54) is 11.8 Å². The Hall–Kier alpha value is -1.31. The van der Waals surface area contributed by atoms with Gasteiger partial charge in [-0.2, -0.15) is 0 Å². The first-order valence-corrected chi connectivity index (χ1v) is 6.58. The van der Waals surface area contributed by atoms with Gasteiger partial charge < -0.3 is 0 Å². The molecule has 0 amide bonds. The normalized spacial score (nSPS) is 9.81. The summed E-state index contributed by atoms with van der Waals surface area (Å²) in [5, 5.41) is 0.104. The molecule has 0 aliphatic heterocycles. The Bertz CT molecular complexity index is 577. The largest absolute Gasteiger partial charge is 0.288 e. The summed E-state index contributed by atoms with van der Waals surface area (Å²) in [5.74, 6) is 6.56. The maximum Gasteiger partial charge on any atom is 0.186 e. The minimum Gasteiger partial charge on any atom is -0.288 e. The molecule has 0 aliphatic rings. The van der Waals surface area contributed by atoms with Gasteiger partial charge in [-0.15, -0.1) is 11.3 Å². The number of nitrogens with zero attached hydrogens (tertiary/aromatic N) is 1. The third-order valence-corrected chi connectivity index (χ3v) is 3.40. The van der Waals surface area contributed by atoms with E-state index < -0.39 is 0 Å². The van der Waals surface area contributed by atoms with E-state index in [2.05, 4.69) is 16.8 Å². The van der Waals surface area contributed by atoms with Crippen molar-refractivity contribution < 1.29 is 4.79 Å². The Labute approximate surface area is 102 Å². The second kappa shape index (κ2) is 5.15. The number of hydrogen-bond acceptors (Lipinski definition) is 4. The Balaban J connectivity index is 2.11. The average Bonchev–Trinajstić information content (AvgIpc) is 2.71. The van der Waals surface area contributed by atoms with Crippen molar-refractivity contribution >= 4 is 38.4 Å². The highest BCUT2D eigenvalue weighted by molar-refractivity contribution is 8.13. The van der Waals surface area contributed by atoms with Gasteiger partial charge in [0.25, 0.3) is 0 Å². The lowest BCUT2D eigenvalue weighted by molar-refractivity contribution is -0.109. The zero-order chi connectivity index (χ0) is 11.4. The van der Waals surface area contributed by atoms with Crippen LogP contribution in [-0.2, 0) is 4.79 Å². The monoisotopic (exact) mass is 247 g/mol. The highest BCUT2D eigenvalue weighted by atomic mass is 32.2. The summed E-state index contributed by atoms with van der Waals surface area (Å²) in [5.41, 5.74) is 3.81. The number of fused-ring (bicyclic) bond motifs is 1. The van der Waals surface area contributed by atoms with Crippen molar-refractivity contribution in [2.24, 2.45) is 0 Å². The van der Waals surface area contributed by atoms with Crippen LogP contribution in [-0.4, -0.2) is 15.9 Å². The molecule has 0 bridgehead atoms. The molecular weight excluding hydrogens is 238 g/mol. The molecule has 80 valence electrons. The molecule has 1 aromatic heterocycles. The van der Waals surface area contributed by atoms with Crippen LogP contribution >= 0.6 is 23.1 Å². The lowest BCUT2D eigenvalue weighted by Gasteiger charge is -1.90. The summed E-state index contributed by atoms with van der Waals surface area (Å²) >= 11 is 2.84. The first-order chi connectivity index (χ1) is 7.75. The zero-order valence-corrected chi connectivity index (χ0v) is 10.3. The van der Waals surface area contributed by atoms with Crippen molar-refractivity contribution in [1.29, 1.82) is 0 Å². The number of rotatable bonds is 1. The number of thiazole rings is 1. The molecule has 1 aromatic carbocycles. The highest BCUT2D eigenvalue weighted by Crippen LogP contribution is 2.18. The Morgan fingerprint density at radius 1 is 1.56 bits per heavy atom. The fourth-order valence-corrected chi connectivity index (χ4v) is 2.27. The van der Waals surface area contributed by atoms with Gasteiger partial charge in [0, 0.05) is 12.5 Å². The third kappa shape index (κ3) is 2.84. The highest BCUT2D eigenvalue weighted by Gasteiger charge is 1.96. The topological polar surface area (TPSA) is 30.0 Å². The molecule has 2 rings (SSSR count). The predicted octanol–water partition coefficient (Wildman–Crippen LogP) is 2.93. The molecule has 0 N–H and O–H groups in total. The van der Waals surface area contributed by atoms with E-state index in [0.29, 0.717) is 5.75 Å². The number of carbonyl (C=O) groups excluding carboxylic acids is 1. The second-order valence-electron chi connectivity index (χ2n) is 3.12. The fraction of sp³-hybridized carbons (Fsp3) is 0.167. The third-order valence-electron chi connectivity index (χ3n) is 1.91. The van der Waals surface area contributed by atoms with Gasteiger partial charge in [0.05, 0.1) is 21.5 Å². The molecule has 16 heavy (non-hydrogen) atoms. The number of benzene rings is 1. The van der Waals surface area contributed by atoms with E-state index in [0.717, 1.165) is 15.8 Å². The number of hydrogen-bond donors (Lipinski definition) is 0. The summed E-state index contributed by atoms with van der Waals surface area (Å²) in [7, 11) is 0. The van der Waals surface area contributed by atoms with Gasteiger partial charge in [0.2, 0.25) is 0 Å². The van der Waals surface area contributed by atoms with Crippen LogP contribution in [0.1, 0.15) is 12.5 Å². The van der Waals surface area contributed by atoms with Crippen LogP contribution in [0.25, 0.3) is 10.2 Å². The van der Waals surface area contributed by atoms with Crippen LogP contribution in [0.2, 0.25) is 0 Å². The van der Waals surface area contributed by atoms with Crippen LogP contribution in [0.4, 0.5) is 0 Å². The maximum atomic E-state index is 10.7. The van der Waals surface area contributed by atoms with Crippen molar-refractivity contribution in [2.45, 2.75) is 6.92 Å². The van der Waals surface area contributed by atoms with Gasteiger partial charge in [-0.05, 0) is 18.2 Å². The minimum absolute atomic E-state index is 0.104. The summed E-state index contributed by atoms with van der Waals surface area (Å²) in [6, 6.07) is 5.94. The standard InChI is InChI=1S/C12H9NOS2/c1-9(14)15-6-2-3-10-4-5-11-12(7-10)16-8-13-11/h4-5,7-8H,6H2,1H3. The first kappa shape index (κ1) is 11.2. The van der Waals surface area contributed by atoms with Gasteiger partial charge in [-0.3, -0.25) is 4.79 Å². The predicted molar refractivity (Wildman–Crippen MR) is 69.6 cm³/mol. The molecule has 0 aliphatic carbocycles. The van der Waals surface area contributed by atoms with E-state index in [1.807, 2.05) is 23.7 Å². The molecule has 2 aromatic rings. The van der Waals surface area contributed by atoms with Gasteiger partial charge in [0.1, 0.15) is 0 Å². The Morgan fingerprint density at radius 2 is 2.44 bits per heavy atom. The molecule has 0 atom stereocenters. The molecule has 0 saturated heterocycles. The van der Waals surface area contributed by atoms with E-state index >= 15 is 0 Å². The lowest BCUT2D eigenvalue weighted by atomic mass is 10.2. The molecule has 0 radical (unpaired) electrons. The number of carbonyl (C=O) groups is 1. The molecule has 0 spiro atoms. The number of aromatic nitrogens is 1. The second-order valence-corrected chi connectivity index (χ2v) is 5.16. The van der Waals surface area contributed by atoms with Gasteiger partial charge in [0.15, 0.2) is 5.12 Å². The van der Waals surface area contributed by atoms with Crippen LogP contribution in [0.15, 0.2) is 23.7 Å². The first-order valence-electron chi connectivity index (χ1n) is 4.71. The molecule has 0 saturated carbocycles. The summed E-state index contributed by atoms with van der Waals surface area (Å²) in [4.78, 5) is 14.9. The molecule has 2 nitrogen and oxygen atoms in total. The van der Waals surface area contributed by atoms with E-state index in [9.17, 15) is 4.79 Å². The summed E-state index contributed by atoms with van der Waals surface area (Å²) in [6.45, 7) is 1.55. The number of thioether (sulfide) groups is 1. The summed E-state index contributed by atoms with van der Waals surface area (Å²) < 4.78 is 1.14. The van der Waals surface area contributed by atoms with Crippen molar-refractivity contribution in [3.63, 3.8) is 0 Å². The van der Waals surface area contributed by atoms with E-state index in [4.69, 9.17) is 0 Å². The quantitative estimate of drug-likeness (QED) is 0.726. The van der Waals surface area contributed by atoms with Gasteiger partial charge in [-0.25, -0.2) is 4.98 Å². The van der Waals surface area contributed by atoms with Crippen molar-refractivity contribution in [1.82, 2.24) is 4.98 Å². The smallest absolute Gasteiger partial charge is 0.186 e. The van der Waals surface area contributed by atoms with E-state index in [-0.39, 0.29) is 5.12 Å². The van der Waals surface area contributed by atoms with Crippen LogP contribution in [0, 0.1) is 11.8 Å². The average molecular weight is 247 g/mol. The minimum atomic E-state index is 0.104. The van der Waals surface area contributed by atoms with E-state index in [1.54, 1.807) is 18.3 Å². The van der Waals surface area contributed by atoms with Crippen molar-refractivity contribution in [3.8, 4) is 11.8 Å². The molecule has 1 heterocycles. The van der Waals surface area contributed by atoms with Gasteiger partial charge >= 0.3 is 0 Å². The van der Waals surface area contributed by atoms with Crippen LogP contribution in [0.3, 0.4) is 0 Å². The lowest BCUT2D eigenvalue weighted by Crippen LogP contribution is -1.82. The SMILES string of the molecule is CC(=O)SCC#Cc1ccc2ncsc2c1. The Kier molecular flexibility index (Phi) is 3.60.